The van der Waals surface area contributed by atoms with Gasteiger partial charge in [-0.1, -0.05) is 22.7 Å². The van der Waals surface area contributed by atoms with Crippen molar-refractivity contribution >= 4 is 65.2 Å². The molecule has 0 unspecified atom stereocenters. The molecule has 2 aromatic heterocycles. The first-order valence-electron chi connectivity index (χ1n) is 12.2. The standard InChI is InChI=1S/C24H35N7O2S2/c1-16-21-17(34-23(27-21)25-14-19(32)30(4)10-8-9-29(2)3)13-18-22(16)28-24(35-18)26-15-20(33)31-11-6-5-7-12-31/h13H,5-12,14-15H2,1-4H3,(H,25,27)(H,26,28). The molecule has 4 rings (SSSR count). The molecular formula is C24H35N7O2S2. The van der Waals surface area contributed by atoms with Gasteiger partial charge < -0.3 is 25.3 Å². The minimum absolute atomic E-state index is 0.0530. The lowest BCUT2D eigenvalue weighted by Gasteiger charge is -2.26. The molecule has 9 nitrogen and oxygen atoms in total. The summed E-state index contributed by atoms with van der Waals surface area (Å²) >= 11 is 3.10. The second-order valence-electron chi connectivity index (χ2n) is 9.35. The molecule has 1 aromatic carbocycles. The summed E-state index contributed by atoms with van der Waals surface area (Å²) in [5, 5.41) is 7.91. The monoisotopic (exact) mass is 517 g/mol. The van der Waals surface area contributed by atoms with Gasteiger partial charge in [0.15, 0.2) is 10.3 Å². The van der Waals surface area contributed by atoms with E-state index in [-0.39, 0.29) is 24.9 Å². The Morgan fingerprint density at radius 3 is 2.14 bits per heavy atom. The summed E-state index contributed by atoms with van der Waals surface area (Å²) in [6.45, 7) is 5.94. The quantitative estimate of drug-likeness (QED) is 0.425. The second-order valence-corrected chi connectivity index (χ2v) is 11.4. The van der Waals surface area contributed by atoms with Gasteiger partial charge in [0, 0.05) is 32.2 Å². The van der Waals surface area contributed by atoms with E-state index in [4.69, 9.17) is 9.97 Å². The van der Waals surface area contributed by atoms with Gasteiger partial charge in [-0.05, 0) is 59.3 Å². The van der Waals surface area contributed by atoms with Gasteiger partial charge in [-0.25, -0.2) is 9.97 Å². The Morgan fingerprint density at radius 2 is 1.54 bits per heavy atom. The van der Waals surface area contributed by atoms with Crippen molar-refractivity contribution in [1.29, 1.82) is 0 Å². The van der Waals surface area contributed by atoms with Crippen molar-refractivity contribution in [2.45, 2.75) is 32.6 Å². The first-order chi connectivity index (χ1) is 16.8. The van der Waals surface area contributed by atoms with E-state index < -0.39 is 0 Å². The third-order valence-electron chi connectivity index (χ3n) is 6.29. The van der Waals surface area contributed by atoms with Gasteiger partial charge in [0.2, 0.25) is 11.8 Å². The number of thiazole rings is 2. The fraction of sp³-hybridized carbons (Fsp3) is 0.583. The Bertz CT molecular complexity index is 1180. The molecule has 2 amide bonds. The highest BCUT2D eigenvalue weighted by molar-refractivity contribution is 7.24. The molecule has 0 radical (unpaired) electrons. The molecule has 0 bridgehead atoms. The molecule has 1 aliphatic heterocycles. The molecule has 190 valence electrons. The van der Waals surface area contributed by atoms with Crippen LogP contribution < -0.4 is 10.6 Å². The van der Waals surface area contributed by atoms with E-state index in [0.29, 0.717) is 0 Å². The summed E-state index contributed by atoms with van der Waals surface area (Å²) in [6, 6.07) is 2.10. The number of aromatic nitrogens is 2. The highest BCUT2D eigenvalue weighted by atomic mass is 32.1. The molecule has 0 saturated carbocycles. The maximum atomic E-state index is 12.5. The predicted molar refractivity (Wildman–Crippen MR) is 146 cm³/mol. The number of anilines is 2. The summed E-state index contributed by atoms with van der Waals surface area (Å²) in [5.41, 5.74) is 2.82. The van der Waals surface area contributed by atoms with E-state index in [1.807, 2.05) is 33.0 Å². The molecule has 1 aliphatic rings. The van der Waals surface area contributed by atoms with Crippen LogP contribution in [0.4, 0.5) is 10.3 Å². The number of likely N-dealkylation sites (tertiary alicyclic amines) is 1. The Balaban J connectivity index is 1.37. The van der Waals surface area contributed by atoms with Crippen LogP contribution in [0.5, 0.6) is 0 Å². The van der Waals surface area contributed by atoms with Gasteiger partial charge in [-0.3, -0.25) is 9.59 Å². The van der Waals surface area contributed by atoms with E-state index in [0.717, 1.165) is 81.7 Å². The highest BCUT2D eigenvalue weighted by Crippen LogP contribution is 2.36. The molecule has 0 aliphatic carbocycles. The number of aryl methyl sites for hydroxylation is 1. The number of nitrogens with zero attached hydrogens (tertiary/aromatic N) is 5. The molecule has 3 aromatic rings. The largest absolute Gasteiger partial charge is 0.352 e. The Hall–Kier alpha value is -2.50. The zero-order chi connectivity index (χ0) is 24.9. The minimum Gasteiger partial charge on any atom is -0.352 e. The van der Waals surface area contributed by atoms with Crippen molar-refractivity contribution in [3.05, 3.63) is 11.6 Å². The maximum Gasteiger partial charge on any atom is 0.241 e. The van der Waals surface area contributed by atoms with Crippen LogP contribution in [0.25, 0.3) is 20.4 Å². The Kier molecular flexibility index (Phi) is 8.40. The van der Waals surface area contributed by atoms with Crippen LogP contribution in [0.2, 0.25) is 0 Å². The average molecular weight is 518 g/mol. The third kappa shape index (κ3) is 6.39. The minimum atomic E-state index is 0.0530. The highest BCUT2D eigenvalue weighted by Gasteiger charge is 2.18. The van der Waals surface area contributed by atoms with Gasteiger partial charge in [0.1, 0.15) is 0 Å². The van der Waals surface area contributed by atoms with Crippen molar-refractivity contribution in [1.82, 2.24) is 24.7 Å². The van der Waals surface area contributed by atoms with E-state index in [2.05, 4.69) is 21.6 Å². The lowest BCUT2D eigenvalue weighted by molar-refractivity contribution is -0.130. The summed E-state index contributed by atoms with van der Waals surface area (Å²) in [4.78, 5) is 40.2. The summed E-state index contributed by atoms with van der Waals surface area (Å²) < 4.78 is 2.12. The molecular weight excluding hydrogens is 482 g/mol. The first-order valence-corrected chi connectivity index (χ1v) is 13.8. The summed E-state index contributed by atoms with van der Waals surface area (Å²) in [7, 11) is 5.91. The molecule has 1 saturated heterocycles. The fourth-order valence-corrected chi connectivity index (χ4v) is 6.22. The van der Waals surface area contributed by atoms with Crippen molar-refractivity contribution in [3.8, 4) is 0 Å². The summed E-state index contributed by atoms with van der Waals surface area (Å²) in [5.74, 6) is 0.189. The van der Waals surface area contributed by atoms with Crippen LogP contribution in [-0.2, 0) is 9.59 Å². The lowest BCUT2D eigenvalue weighted by atomic mass is 10.1. The number of rotatable bonds is 10. The lowest BCUT2D eigenvalue weighted by Crippen LogP contribution is -2.39. The fourth-order valence-electron chi connectivity index (χ4n) is 4.22. The zero-order valence-corrected chi connectivity index (χ0v) is 22.7. The van der Waals surface area contributed by atoms with E-state index in [9.17, 15) is 9.59 Å². The van der Waals surface area contributed by atoms with Crippen molar-refractivity contribution in [2.24, 2.45) is 0 Å². The average Bonchev–Trinajstić information content (AvgIpc) is 3.45. The molecule has 2 N–H and O–H groups in total. The Morgan fingerprint density at radius 1 is 0.943 bits per heavy atom. The van der Waals surface area contributed by atoms with E-state index >= 15 is 0 Å². The molecule has 0 atom stereocenters. The molecule has 3 heterocycles. The van der Waals surface area contributed by atoms with Crippen molar-refractivity contribution in [2.75, 3.05) is 71.0 Å². The maximum absolute atomic E-state index is 12.5. The van der Waals surface area contributed by atoms with Gasteiger partial charge in [-0.15, -0.1) is 0 Å². The number of piperidine rings is 1. The number of hydrogen-bond acceptors (Lipinski definition) is 9. The SMILES string of the molecule is Cc1c2nc(NCC(=O)N(C)CCCN(C)C)sc2cc2sc(NCC(=O)N3CCCCC3)nc12. The van der Waals surface area contributed by atoms with Crippen LogP contribution in [-0.4, -0.2) is 96.9 Å². The number of likely N-dealkylation sites (N-methyl/N-ethyl adjacent to an activating group) is 1. The van der Waals surface area contributed by atoms with Crippen molar-refractivity contribution in [3.63, 3.8) is 0 Å². The number of fused-ring (bicyclic) bond motifs is 2. The smallest absolute Gasteiger partial charge is 0.241 e. The van der Waals surface area contributed by atoms with Gasteiger partial charge >= 0.3 is 0 Å². The van der Waals surface area contributed by atoms with Crippen LogP contribution in [0.1, 0.15) is 31.2 Å². The molecule has 0 spiro atoms. The third-order valence-corrected chi connectivity index (χ3v) is 8.21. The number of nitrogens with one attached hydrogen (secondary N) is 2. The summed E-state index contributed by atoms with van der Waals surface area (Å²) in [6.07, 6.45) is 4.34. The zero-order valence-electron chi connectivity index (χ0n) is 21.0. The predicted octanol–water partition coefficient (Wildman–Crippen LogP) is 3.46. The van der Waals surface area contributed by atoms with Gasteiger partial charge in [0.25, 0.3) is 0 Å². The van der Waals surface area contributed by atoms with Crippen molar-refractivity contribution < 1.29 is 9.59 Å². The van der Waals surface area contributed by atoms with Crippen LogP contribution >= 0.6 is 22.7 Å². The van der Waals surface area contributed by atoms with Gasteiger partial charge in [0.05, 0.1) is 33.5 Å². The number of amides is 2. The van der Waals surface area contributed by atoms with Gasteiger partial charge in [-0.2, -0.15) is 0 Å². The molecule has 1 fully saturated rings. The second kappa shape index (κ2) is 11.5. The normalized spacial score (nSPS) is 14.1. The van der Waals surface area contributed by atoms with Crippen LogP contribution in [0, 0.1) is 6.92 Å². The van der Waals surface area contributed by atoms with Crippen LogP contribution in [0.15, 0.2) is 6.07 Å². The number of hydrogen-bond donors (Lipinski definition) is 2. The van der Waals surface area contributed by atoms with Crippen LogP contribution in [0.3, 0.4) is 0 Å². The van der Waals surface area contributed by atoms with E-state index in [1.165, 1.54) is 6.42 Å². The number of benzene rings is 1. The molecule has 35 heavy (non-hydrogen) atoms. The Labute approximate surface area is 214 Å². The van der Waals surface area contributed by atoms with E-state index in [1.54, 1.807) is 27.6 Å². The first kappa shape index (κ1) is 25.6. The number of carbonyl (C=O) groups excluding carboxylic acids is 2. The topological polar surface area (TPSA) is 93.7 Å². The number of carbonyl (C=O) groups is 2. The molecule has 11 heteroatoms.